The molecule has 2 aromatic rings. The number of nitrogens with one attached hydrogen (secondary N) is 3. The summed E-state index contributed by atoms with van der Waals surface area (Å²) < 4.78 is 41.1. The zero-order chi connectivity index (χ0) is 23.5. The highest BCUT2D eigenvalue weighted by atomic mass is 35.5. The number of hydrogen-bond donors (Lipinski definition) is 3. The van der Waals surface area contributed by atoms with Crippen LogP contribution in [0.4, 0.5) is 4.39 Å². The molecule has 0 atom stereocenters. The topological polar surface area (TPSA) is 100 Å². The SMILES string of the molecule is CN(C1CC[NH+](C)CC1)S(=O)(=O)c1ccc(C(=O)NNC(=O)c2ccc(Cl)cc2F)cc1. The molecular formula is C21H25ClFN4O4S+. The van der Waals surface area contributed by atoms with Gasteiger partial charge in [-0.2, -0.15) is 4.31 Å². The van der Waals surface area contributed by atoms with E-state index in [1.165, 1.54) is 45.6 Å². The highest BCUT2D eigenvalue weighted by Gasteiger charge is 2.31. The zero-order valence-corrected chi connectivity index (χ0v) is 19.3. The number of sulfonamides is 1. The molecule has 1 aliphatic heterocycles. The van der Waals surface area contributed by atoms with Crippen LogP contribution in [0.2, 0.25) is 5.02 Å². The number of carbonyl (C=O) groups is 2. The van der Waals surface area contributed by atoms with E-state index in [0.717, 1.165) is 32.0 Å². The molecule has 0 spiro atoms. The van der Waals surface area contributed by atoms with Crippen molar-refractivity contribution in [3.8, 4) is 0 Å². The van der Waals surface area contributed by atoms with Crippen LogP contribution in [0.15, 0.2) is 47.4 Å². The third-order valence-corrected chi connectivity index (χ3v) is 7.74. The molecule has 1 fully saturated rings. The number of hydrazine groups is 1. The molecule has 0 unspecified atom stereocenters. The summed E-state index contributed by atoms with van der Waals surface area (Å²) in [7, 11) is -0.0362. The van der Waals surface area contributed by atoms with Crippen molar-refractivity contribution < 1.29 is 27.3 Å². The van der Waals surface area contributed by atoms with Gasteiger partial charge in [-0.1, -0.05) is 11.6 Å². The number of piperidine rings is 1. The van der Waals surface area contributed by atoms with E-state index in [1.807, 2.05) is 0 Å². The lowest BCUT2D eigenvalue weighted by molar-refractivity contribution is -0.885. The van der Waals surface area contributed by atoms with Crippen LogP contribution in [0.1, 0.15) is 33.6 Å². The Morgan fingerprint density at radius 1 is 1.06 bits per heavy atom. The second-order valence-corrected chi connectivity index (χ2v) is 10.2. The monoisotopic (exact) mass is 483 g/mol. The summed E-state index contributed by atoms with van der Waals surface area (Å²) in [5.41, 5.74) is 4.14. The van der Waals surface area contributed by atoms with Crippen LogP contribution in [0, 0.1) is 5.82 Å². The van der Waals surface area contributed by atoms with Crippen molar-refractivity contribution >= 4 is 33.4 Å². The third kappa shape index (κ3) is 5.44. The van der Waals surface area contributed by atoms with Gasteiger partial charge in [0.2, 0.25) is 10.0 Å². The van der Waals surface area contributed by atoms with Crippen molar-refractivity contribution in [2.75, 3.05) is 27.2 Å². The molecule has 2 amide bonds. The molecule has 172 valence electrons. The van der Waals surface area contributed by atoms with Gasteiger partial charge in [-0.15, -0.1) is 0 Å². The molecule has 3 rings (SSSR count). The largest absolute Gasteiger partial charge is 0.337 e. The third-order valence-electron chi connectivity index (χ3n) is 5.58. The number of quaternary nitrogens is 1. The minimum absolute atomic E-state index is 0.0600. The van der Waals surface area contributed by atoms with Crippen LogP contribution >= 0.6 is 11.6 Å². The number of hydrogen-bond acceptors (Lipinski definition) is 4. The maximum Gasteiger partial charge on any atom is 0.272 e. The highest BCUT2D eigenvalue weighted by molar-refractivity contribution is 7.89. The van der Waals surface area contributed by atoms with E-state index in [9.17, 15) is 22.4 Å². The number of benzene rings is 2. The smallest absolute Gasteiger partial charge is 0.272 e. The molecule has 2 aromatic carbocycles. The van der Waals surface area contributed by atoms with Gasteiger partial charge in [0.1, 0.15) is 5.82 Å². The van der Waals surface area contributed by atoms with E-state index in [-0.39, 0.29) is 27.1 Å². The summed E-state index contributed by atoms with van der Waals surface area (Å²) in [6.45, 7) is 1.82. The summed E-state index contributed by atoms with van der Waals surface area (Å²) in [6.07, 6.45) is 1.58. The summed E-state index contributed by atoms with van der Waals surface area (Å²) in [6, 6.07) is 8.87. The first-order valence-corrected chi connectivity index (χ1v) is 11.9. The predicted molar refractivity (Wildman–Crippen MR) is 117 cm³/mol. The van der Waals surface area contributed by atoms with Crippen LogP contribution in [0.5, 0.6) is 0 Å². The fraction of sp³-hybridized carbons (Fsp3) is 0.333. The van der Waals surface area contributed by atoms with Gasteiger partial charge in [0.15, 0.2) is 0 Å². The molecule has 3 N–H and O–H groups in total. The Morgan fingerprint density at radius 3 is 2.25 bits per heavy atom. The second-order valence-electron chi connectivity index (χ2n) is 7.77. The Bertz CT molecular complexity index is 1100. The minimum Gasteiger partial charge on any atom is -0.337 e. The van der Waals surface area contributed by atoms with Crippen LogP contribution in [0.25, 0.3) is 0 Å². The number of carbonyl (C=O) groups excluding carboxylic acids is 2. The average molecular weight is 484 g/mol. The lowest BCUT2D eigenvalue weighted by Gasteiger charge is -2.32. The Hall–Kier alpha value is -2.53. The van der Waals surface area contributed by atoms with E-state index in [0.29, 0.717) is 0 Å². The lowest BCUT2D eigenvalue weighted by Crippen LogP contribution is -3.10. The Kier molecular flexibility index (Phi) is 7.50. The molecule has 32 heavy (non-hydrogen) atoms. The zero-order valence-electron chi connectivity index (χ0n) is 17.7. The van der Waals surface area contributed by atoms with Gasteiger partial charge in [0.25, 0.3) is 11.8 Å². The predicted octanol–water partition coefficient (Wildman–Crippen LogP) is 0.852. The molecule has 1 aliphatic rings. The maximum absolute atomic E-state index is 13.8. The maximum atomic E-state index is 13.8. The molecule has 0 aromatic heterocycles. The fourth-order valence-corrected chi connectivity index (χ4v) is 5.10. The summed E-state index contributed by atoms with van der Waals surface area (Å²) in [4.78, 5) is 25.8. The van der Waals surface area contributed by atoms with E-state index >= 15 is 0 Å². The van der Waals surface area contributed by atoms with Crippen LogP contribution in [-0.2, 0) is 10.0 Å². The highest BCUT2D eigenvalue weighted by Crippen LogP contribution is 2.20. The summed E-state index contributed by atoms with van der Waals surface area (Å²) >= 11 is 5.66. The molecule has 1 saturated heterocycles. The van der Waals surface area contributed by atoms with Crippen LogP contribution < -0.4 is 15.8 Å². The van der Waals surface area contributed by atoms with E-state index in [4.69, 9.17) is 11.6 Å². The Morgan fingerprint density at radius 2 is 1.66 bits per heavy atom. The molecule has 11 heteroatoms. The second kappa shape index (κ2) is 9.95. The van der Waals surface area contributed by atoms with E-state index in [1.54, 1.807) is 7.05 Å². The Labute approximate surface area is 191 Å². The van der Waals surface area contributed by atoms with Gasteiger partial charge in [0.05, 0.1) is 30.6 Å². The summed E-state index contributed by atoms with van der Waals surface area (Å²) in [5.74, 6) is -2.36. The van der Waals surface area contributed by atoms with Gasteiger partial charge in [-0.05, 0) is 42.5 Å². The molecule has 1 heterocycles. The first-order valence-electron chi connectivity index (χ1n) is 10.0. The fourth-order valence-electron chi connectivity index (χ4n) is 3.53. The van der Waals surface area contributed by atoms with Crippen molar-refractivity contribution in [3.05, 3.63) is 64.4 Å². The minimum atomic E-state index is -3.70. The quantitative estimate of drug-likeness (QED) is 0.549. The van der Waals surface area contributed by atoms with Crippen molar-refractivity contribution in [2.24, 2.45) is 0 Å². The molecule has 0 radical (unpaired) electrons. The van der Waals surface area contributed by atoms with Gasteiger partial charge in [0, 0.05) is 36.5 Å². The van der Waals surface area contributed by atoms with E-state index < -0.39 is 27.7 Å². The first kappa shape index (κ1) is 24.1. The first-order chi connectivity index (χ1) is 15.1. The van der Waals surface area contributed by atoms with Gasteiger partial charge in [-0.3, -0.25) is 20.4 Å². The van der Waals surface area contributed by atoms with Crippen molar-refractivity contribution in [1.29, 1.82) is 0 Å². The Balaban J connectivity index is 1.63. The van der Waals surface area contributed by atoms with Crippen molar-refractivity contribution in [2.45, 2.75) is 23.8 Å². The van der Waals surface area contributed by atoms with Gasteiger partial charge < -0.3 is 4.90 Å². The van der Waals surface area contributed by atoms with Crippen LogP contribution in [0.3, 0.4) is 0 Å². The number of rotatable bonds is 5. The molecular weight excluding hydrogens is 459 g/mol. The van der Waals surface area contributed by atoms with Gasteiger partial charge >= 0.3 is 0 Å². The molecule has 8 nitrogen and oxygen atoms in total. The molecule has 0 saturated carbocycles. The van der Waals surface area contributed by atoms with Crippen molar-refractivity contribution in [1.82, 2.24) is 15.2 Å². The van der Waals surface area contributed by atoms with Crippen molar-refractivity contribution in [3.63, 3.8) is 0 Å². The van der Waals surface area contributed by atoms with E-state index in [2.05, 4.69) is 17.9 Å². The van der Waals surface area contributed by atoms with Gasteiger partial charge in [-0.25, -0.2) is 12.8 Å². The number of likely N-dealkylation sites (tertiary alicyclic amines) is 1. The summed E-state index contributed by atoms with van der Waals surface area (Å²) in [5, 5.41) is 0.140. The van der Waals surface area contributed by atoms with Crippen LogP contribution in [-0.4, -0.2) is 57.8 Å². The lowest BCUT2D eigenvalue weighted by atomic mass is 10.1. The molecule has 0 aliphatic carbocycles. The average Bonchev–Trinajstić information content (AvgIpc) is 2.77. The number of halogens is 2. The molecule has 0 bridgehead atoms. The normalized spacial score (nSPS) is 18.9. The standard InChI is InChI=1S/C21H24ClFN4O4S/c1-26-11-9-16(10-12-26)27(2)32(30,31)17-6-3-14(4-7-17)20(28)24-25-21(29)18-8-5-15(22)13-19(18)23/h3-8,13,16H,9-12H2,1-2H3,(H,24,28)(H,25,29)/p+1. The number of amides is 2. The number of nitrogens with zero attached hydrogens (tertiary/aromatic N) is 1.